The van der Waals surface area contributed by atoms with Gasteiger partial charge in [-0.3, -0.25) is 14.4 Å². The van der Waals surface area contributed by atoms with Crippen LogP contribution in [0.5, 0.6) is 0 Å². The molecule has 0 aromatic rings. The van der Waals surface area contributed by atoms with E-state index in [4.69, 9.17) is 14.2 Å². The summed E-state index contributed by atoms with van der Waals surface area (Å²) >= 11 is 0. The van der Waals surface area contributed by atoms with E-state index in [1.54, 1.807) is 0 Å². The number of unbranched alkanes of at least 4 members (excludes halogenated alkanes) is 26. The molecule has 0 spiro atoms. The van der Waals surface area contributed by atoms with E-state index in [9.17, 15) is 14.4 Å². The van der Waals surface area contributed by atoms with Crippen LogP contribution in [0.3, 0.4) is 0 Å². The number of rotatable bonds is 45. The van der Waals surface area contributed by atoms with E-state index < -0.39 is 6.10 Å². The Morgan fingerprint density at radius 3 is 0.966 bits per heavy atom. The maximum absolute atomic E-state index is 12.8. The van der Waals surface area contributed by atoms with Gasteiger partial charge in [0, 0.05) is 19.3 Å². The molecule has 0 N–H and O–H groups in total. The van der Waals surface area contributed by atoms with Gasteiger partial charge in [-0.2, -0.15) is 0 Å². The maximum atomic E-state index is 12.8. The quantitative estimate of drug-likeness (QED) is 0.0263. The van der Waals surface area contributed by atoms with Crippen LogP contribution in [0.1, 0.15) is 252 Å². The van der Waals surface area contributed by atoms with Crippen LogP contribution in [-0.2, 0) is 28.6 Å². The van der Waals surface area contributed by atoms with Crippen LogP contribution in [0, 0.1) is 0 Å². The van der Waals surface area contributed by atoms with E-state index in [-0.39, 0.29) is 31.1 Å². The first kappa shape index (κ1) is 56.4. The molecular weight excluding hydrogens is 733 g/mol. The van der Waals surface area contributed by atoms with Crippen LogP contribution in [0.15, 0.2) is 48.6 Å². The number of hydrogen-bond donors (Lipinski definition) is 0. The standard InChI is InChI=1S/C53H94O6/c1-4-7-10-13-16-19-22-24-26-28-31-34-37-40-43-46-52(55)58-49-50(48-57-51(54)45-42-39-36-33-30-21-18-15-12-9-6-3)59-53(56)47-44-41-38-35-32-29-27-25-23-20-17-14-11-8-5-2/h16-17,19-20,24-27,50H,4-15,18,21-23,28-49H2,1-3H3/b19-16-,20-17-,26-24-,27-25-/t50-/m0/s1. The molecule has 59 heavy (non-hydrogen) atoms. The van der Waals surface area contributed by atoms with Crippen molar-refractivity contribution in [2.24, 2.45) is 0 Å². The molecule has 0 aliphatic rings. The maximum Gasteiger partial charge on any atom is 0.306 e. The van der Waals surface area contributed by atoms with Gasteiger partial charge in [0.1, 0.15) is 13.2 Å². The fraction of sp³-hybridized carbons (Fsp3) is 0.792. The second kappa shape index (κ2) is 48.0. The summed E-state index contributed by atoms with van der Waals surface area (Å²) in [4.78, 5) is 37.9. The van der Waals surface area contributed by atoms with Crippen molar-refractivity contribution in [1.29, 1.82) is 0 Å². The molecule has 0 saturated carbocycles. The van der Waals surface area contributed by atoms with Gasteiger partial charge in [-0.1, -0.05) is 198 Å². The lowest BCUT2D eigenvalue weighted by atomic mass is 10.1. The fourth-order valence-corrected chi connectivity index (χ4v) is 6.97. The first-order valence-corrected chi connectivity index (χ1v) is 25.1. The Balaban J connectivity index is 4.41. The van der Waals surface area contributed by atoms with Gasteiger partial charge in [-0.15, -0.1) is 0 Å². The van der Waals surface area contributed by atoms with Crippen molar-refractivity contribution in [3.8, 4) is 0 Å². The van der Waals surface area contributed by atoms with Gasteiger partial charge in [-0.25, -0.2) is 0 Å². The Morgan fingerprint density at radius 2 is 0.610 bits per heavy atom. The van der Waals surface area contributed by atoms with E-state index in [2.05, 4.69) is 69.4 Å². The van der Waals surface area contributed by atoms with Crippen molar-refractivity contribution in [3.63, 3.8) is 0 Å². The largest absolute Gasteiger partial charge is 0.462 e. The molecule has 0 aromatic carbocycles. The molecule has 0 saturated heterocycles. The lowest BCUT2D eigenvalue weighted by Crippen LogP contribution is -2.30. The minimum absolute atomic E-state index is 0.0816. The molecule has 0 unspecified atom stereocenters. The van der Waals surface area contributed by atoms with Gasteiger partial charge in [0.05, 0.1) is 0 Å². The number of ether oxygens (including phenoxy) is 3. The Bertz CT molecular complexity index is 1040. The molecule has 0 amide bonds. The molecule has 0 rings (SSSR count). The third kappa shape index (κ3) is 46.3. The minimum atomic E-state index is -0.782. The molecular formula is C53H94O6. The molecule has 6 heteroatoms. The Morgan fingerprint density at radius 1 is 0.339 bits per heavy atom. The summed E-state index contributed by atoms with van der Waals surface area (Å²) in [7, 11) is 0. The van der Waals surface area contributed by atoms with Gasteiger partial charge in [0.2, 0.25) is 0 Å². The Kier molecular flexibility index (Phi) is 45.9. The lowest BCUT2D eigenvalue weighted by Gasteiger charge is -2.18. The molecule has 0 aliphatic heterocycles. The summed E-state index contributed by atoms with van der Waals surface area (Å²) in [5.74, 6) is -0.906. The highest BCUT2D eigenvalue weighted by atomic mass is 16.6. The third-order valence-corrected chi connectivity index (χ3v) is 10.8. The van der Waals surface area contributed by atoms with Crippen LogP contribution in [0.4, 0.5) is 0 Å². The van der Waals surface area contributed by atoms with Gasteiger partial charge in [-0.05, 0) is 83.5 Å². The number of allylic oxidation sites excluding steroid dienone is 8. The normalized spacial score (nSPS) is 12.4. The molecule has 0 fully saturated rings. The van der Waals surface area contributed by atoms with Crippen molar-refractivity contribution in [1.82, 2.24) is 0 Å². The molecule has 6 nitrogen and oxygen atoms in total. The highest BCUT2D eigenvalue weighted by Gasteiger charge is 2.19. The molecule has 0 aromatic heterocycles. The summed E-state index contributed by atoms with van der Waals surface area (Å²) in [5, 5.41) is 0. The molecule has 0 radical (unpaired) electrons. The molecule has 0 heterocycles. The van der Waals surface area contributed by atoms with E-state index in [1.165, 1.54) is 109 Å². The monoisotopic (exact) mass is 827 g/mol. The van der Waals surface area contributed by atoms with Gasteiger partial charge in [0.25, 0.3) is 0 Å². The summed E-state index contributed by atoms with van der Waals surface area (Å²) in [6.07, 6.45) is 56.5. The predicted molar refractivity (Wildman–Crippen MR) is 252 cm³/mol. The Labute approximate surface area is 365 Å². The first-order valence-electron chi connectivity index (χ1n) is 25.1. The number of hydrogen-bond acceptors (Lipinski definition) is 6. The average molecular weight is 827 g/mol. The average Bonchev–Trinajstić information content (AvgIpc) is 3.23. The number of carbonyl (C=O) groups excluding carboxylic acids is 3. The molecule has 0 bridgehead atoms. The van der Waals surface area contributed by atoms with Crippen LogP contribution in [0.25, 0.3) is 0 Å². The SMILES string of the molecule is CCCCC/C=C\C/C=C\CCCCCCCC(=O)OC[C@H](COC(=O)CCCCCCCCCCCCC)OC(=O)CCCCCCC/C=C\C/C=C\CCCCC. The van der Waals surface area contributed by atoms with E-state index >= 15 is 0 Å². The van der Waals surface area contributed by atoms with Crippen molar-refractivity contribution < 1.29 is 28.6 Å². The lowest BCUT2D eigenvalue weighted by molar-refractivity contribution is -0.167. The van der Waals surface area contributed by atoms with Crippen LogP contribution in [0.2, 0.25) is 0 Å². The molecule has 0 aliphatic carbocycles. The summed E-state index contributed by atoms with van der Waals surface area (Å²) in [5.41, 5.74) is 0. The second-order valence-corrected chi connectivity index (χ2v) is 16.7. The zero-order chi connectivity index (χ0) is 43.0. The summed E-state index contributed by atoms with van der Waals surface area (Å²) < 4.78 is 16.8. The highest BCUT2D eigenvalue weighted by Crippen LogP contribution is 2.14. The van der Waals surface area contributed by atoms with E-state index in [1.807, 2.05) is 0 Å². The van der Waals surface area contributed by atoms with Crippen molar-refractivity contribution in [2.45, 2.75) is 258 Å². The van der Waals surface area contributed by atoms with E-state index in [0.717, 1.165) is 103 Å². The smallest absolute Gasteiger partial charge is 0.306 e. The van der Waals surface area contributed by atoms with Crippen LogP contribution < -0.4 is 0 Å². The summed E-state index contributed by atoms with van der Waals surface area (Å²) in [6, 6.07) is 0. The fourth-order valence-electron chi connectivity index (χ4n) is 6.97. The Hall–Kier alpha value is -2.63. The van der Waals surface area contributed by atoms with Gasteiger partial charge >= 0.3 is 17.9 Å². The minimum Gasteiger partial charge on any atom is -0.462 e. The summed E-state index contributed by atoms with van der Waals surface area (Å²) in [6.45, 7) is 6.56. The van der Waals surface area contributed by atoms with E-state index in [0.29, 0.717) is 19.3 Å². The zero-order valence-corrected chi connectivity index (χ0v) is 39.0. The van der Waals surface area contributed by atoms with Gasteiger partial charge in [0.15, 0.2) is 6.10 Å². The van der Waals surface area contributed by atoms with Gasteiger partial charge < -0.3 is 14.2 Å². The third-order valence-electron chi connectivity index (χ3n) is 10.8. The predicted octanol–water partition coefficient (Wildman–Crippen LogP) is 16.3. The van der Waals surface area contributed by atoms with Crippen LogP contribution in [-0.4, -0.2) is 37.2 Å². The number of esters is 3. The number of carbonyl (C=O) groups is 3. The highest BCUT2D eigenvalue weighted by molar-refractivity contribution is 5.71. The first-order chi connectivity index (χ1) is 29.0. The zero-order valence-electron chi connectivity index (χ0n) is 39.0. The van der Waals surface area contributed by atoms with Crippen molar-refractivity contribution >= 4 is 17.9 Å². The van der Waals surface area contributed by atoms with Crippen LogP contribution >= 0.6 is 0 Å². The second-order valence-electron chi connectivity index (χ2n) is 16.7. The van der Waals surface area contributed by atoms with Crippen molar-refractivity contribution in [2.75, 3.05) is 13.2 Å². The molecule has 1 atom stereocenters. The topological polar surface area (TPSA) is 78.9 Å². The van der Waals surface area contributed by atoms with Crippen molar-refractivity contribution in [3.05, 3.63) is 48.6 Å². The molecule has 342 valence electrons.